The van der Waals surface area contributed by atoms with Gasteiger partial charge in [-0.1, -0.05) is 30.3 Å². The summed E-state index contributed by atoms with van der Waals surface area (Å²) in [5.74, 6) is -0.547. The lowest BCUT2D eigenvalue weighted by molar-refractivity contribution is -0.118. The number of carbonyl (C=O) groups excluding carboxylic acids is 1. The summed E-state index contributed by atoms with van der Waals surface area (Å²) < 4.78 is 12.9. The maximum Gasteiger partial charge on any atom is 0.249 e. The first-order chi connectivity index (χ1) is 9.63. The topological polar surface area (TPSA) is 20.3 Å². The zero-order valence-corrected chi connectivity index (χ0v) is 11.8. The van der Waals surface area contributed by atoms with E-state index in [2.05, 4.69) is 0 Å². The molecule has 1 unspecified atom stereocenters. The molecule has 0 aliphatic rings. The molecule has 0 fully saturated rings. The Bertz CT molecular complexity index is 571. The second-order valence-corrected chi connectivity index (χ2v) is 4.77. The van der Waals surface area contributed by atoms with Gasteiger partial charge in [0.15, 0.2) is 0 Å². The van der Waals surface area contributed by atoms with Gasteiger partial charge in [-0.15, -0.1) is 11.6 Å². The van der Waals surface area contributed by atoms with Gasteiger partial charge in [0.25, 0.3) is 0 Å². The first-order valence-corrected chi connectivity index (χ1v) is 6.83. The zero-order valence-electron chi connectivity index (χ0n) is 11.1. The standard InChI is InChI=1S/C16H15ClFNO/c1-2-19(14-10-8-13(18)9-11-14)16(20)15(17)12-6-4-3-5-7-12/h3-11,15H,2H2,1H3. The van der Waals surface area contributed by atoms with Crippen molar-refractivity contribution in [2.24, 2.45) is 0 Å². The molecular formula is C16H15ClFNO. The molecule has 2 nitrogen and oxygen atoms in total. The van der Waals surface area contributed by atoms with Crippen LogP contribution >= 0.6 is 11.6 Å². The Morgan fingerprint density at radius 3 is 2.30 bits per heavy atom. The zero-order chi connectivity index (χ0) is 14.5. The summed E-state index contributed by atoms with van der Waals surface area (Å²) in [5.41, 5.74) is 1.39. The Labute approximate surface area is 122 Å². The summed E-state index contributed by atoms with van der Waals surface area (Å²) in [4.78, 5) is 14.0. The van der Waals surface area contributed by atoms with E-state index in [1.165, 1.54) is 12.1 Å². The van der Waals surface area contributed by atoms with Gasteiger partial charge in [-0.25, -0.2) is 4.39 Å². The lowest BCUT2D eigenvalue weighted by Gasteiger charge is -2.23. The summed E-state index contributed by atoms with van der Waals surface area (Å²) >= 11 is 6.25. The number of anilines is 1. The number of halogens is 2. The highest BCUT2D eigenvalue weighted by atomic mass is 35.5. The molecule has 0 saturated carbocycles. The molecule has 0 spiro atoms. The average Bonchev–Trinajstić information content (AvgIpc) is 2.50. The minimum atomic E-state index is -0.749. The SMILES string of the molecule is CCN(C(=O)C(Cl)c1ccccc1)c1ccc(F)cc1. The maximum atomic E-state index is 12.9. The maximum absolute atomic E-state index is 12.9. The third-order valence-corrected chi connectivity index (χ3v) is 3.47. The van der Waals surface area contributed by atoms with Crippen molar-refractivity contribution in [3.8, 4) is 0 Å². The summed E-state index contributed by atoms with van der Waals surface area (Å²) in [6.45, 7) is 2.33. The molecule has 1 amide bonds. The molecule has 104 valence electrons. The molecule has 0 radical (unpaired) electrons. The number of carbonyl (C=O) groups is 1. The molecule has 1 atom stereocenters. The van der Waals surface area contributed by atoms with E-state index < -0.39 is 5.38 Å². The fourth-order valence-corrected chi connectivity index (χ4v) is 2.25. The van der Waals surface area contributed by atoms with Crippen LogP contribution in [-0.4, -0.2) is 12.5 Å². The molecule has 0 aromatic heterocycles. The largest absolute Gasteiger partial charge is 0.311 e. The lowest BCUT2D eigenvalue weighted by atomic mass is 10.1. The van der Waals surface area contributed by atoms with E-state index in [0.29, 0.717) is 12.2 Å². The lowest BCUT2D eigenvalue weighted by Crippen LogP contribution is -2.33. The number of likely N-dealkylation sites (N-methyl/N-ethyl adjacent to an activating group) is 1. The van der Waals surface area contributed by atoms with E-state index in [1.54, 1.807) is 17.0 Å². The monoisotopic (exact) mass is 291 g/mol. The van der Waals surface area contributed by atoms with Crippen molar-refractivity contribution < 1.29 is 9.18 Å². The van der Waals surface area contributed by atoms with Crippen LogP contribution in [0.3, 0.4) is 0 Å². The van der Waals surface area contributed by atoms with E-state index in [4.69, 9.17) is 11.6 Å². The Kier molecular flexibility index (Phi) is 4.74. The molecular weight excluding hydrogens is 277 g/mol. The highest BCUT2D eigenvalue weighted by molar-refractivity contribution is 6.32. The highest BCUT2D eigenvalue weighted by Crippen LogP contribution is 2.26. The fourth-order valence-electron chi connectivity index (χ4n) is 1.99. The van der Waals surface area contributed by atoms with Crippen LogP contribution in [0, 0.1) is 5.82 Å². The number of alkyl halides is 1. The van der Waals surface area contributed by atoms with Gasteiger partial charge in [0.2, 0.25) is 5.91 Å². The van der Waals surface area contributed by atoms with E-state index in [0.717, 1.165) is 5.56 Å². The van der Waals surface area contributed by atoms with Gasteiger partial charge in [0.05, 0.1) is 0 Å². The van der Waals surface area contributed by atoms with E-state index in [9.17, 15) is 9.18 Å². The van der Waals surface area contributed by atoms with Crippen LogP contribution in [0.5, 0.6) is 0 Å². The molecule has 4 heteroatoms. The molecule has 0 aliphatic carbocycles. The van der Waals surface area contributed by atoms with Crippen LogP contribution in [0.1, 0.15) is 17.9 Å². The average molecular weight is 292 g/mol. The van der Waals surface area contributed by atoms with Gasteiger partial charge in [-0.3, -0.25) is 4.79 Å². The first-order valence-electron chi connectivity index (χ1n) is 6.39. The molecule has 0 bridgehead atoms. The first kappa shape index (κ1) is 14.5. The predicted octanol–water partition coefficient (Wildman–Crippen LogP) is 4.16. The van der Waals surface area contributed by atoms with Crippen molar-refractivity contribution in [1.82, 2.24) is 0 Å². The van der Waals surface area contributed by atoms with Crippen LogP contribution in [0.25, 0.3) is 0 Å². The molecule has 0 heterocycles. The van der Waals surface area contributed by atoms with Gasteiger partial charge >= 0.3 is 0 Å². The van der Waals surface area contributed by atoms with Crippen LogP contribution < -0.4 is 4.90 Å². The molecule has 2 rings (SSSR count). The molecule has 0 aliphatic heterocycles. The third kappa shape index (κ3) is 3.17. The number of amides is 1. The van der Waals surface area contributed by atoms with E-state index in [-0.39, 0.29) is 11.7 Å². The normalized spacial score (nSPS) is 11.9. The van der Waals surface area contributed by atoms with Crippen molar-refractivity contribution in [3.05, 3.63) is 66.0 Å². The van der Waals surface area contributed by atoms with Crippen molar-refractivity contribution in [2.75, 3.05) is 11.4 Å². The van der Waals surface area contributed by atoms with Gasteiger partial charge in [0, 0.05) is 12.2 Å². The van der Waals surface area contributed by atoms with Crippen molar-refractivity contribution in [1.29, 1.82) is 0 Å². The second-order valence-electron chi connectivity index (χ2n) is 4.33. The summed E-state index contributed by atoms with van der Waals surface area (Å²) in [5, 5.41) is -0.749. The summed E-state index contributed by atoms with van der Waals surface area (Å²) in [6, 6.07) is 15.0. The van der Waals surface area contributed by atoms with Gasteiger partial charge < -0.3 is 4.90 Å². The second kappa shape index (κ2) is 6.53. The number of hydrogen-bond donors (Lipinski definition) is 0. The molecule has 0 saturated heterocycles. The molecule has 20 heavy (non-hydrogen) atoms. The van der Waals surface area contributed by atoms with Crippen molar-refractivity contribution in [2.45, 2.75) is 12.3 Å². The fraction of sp³-hybridized carbons (Fsp3) is 0.188. The van der Waals surface area contributed by atoms with Crippen LogP contribution in [-0.2, 0) is 4.79 Å². The Balaban J connectivity index is 2.23. The molecule has 0 N–H and O–H groups in total. The number of hydrogen-bond acceptors (Lipinski definition) is 1. The minimum absolute atomic E-state index is 0.216. The van der Waals surface area contributed by atoms with Crippen molar-refractivity contribution in [3.63, 3.8) is 0 Å². The van der Waals surface area contributed by atoms with Crippen LogP contribution in [0.15, 0.2) is 54.6 Å². The van der Waals surface area contributed by atoms with E-state index >= 15 is 0 Å². The Hall–Kier alpha value is -1.87. The smallest absolute Gasteiger partial charge is 0.249 e. The van der Waals surface area contributed by atoms with Gasteiger partial charge in [0.1, 0.15) is 11.2 Å². The third-order valence-electron chi connectivity index (χ3n) is 3.03. The minimum Gasteiger partial charge on any atom is -0.311 e. The predicted molar refractivity (Wildman–Crippen MR) is 79.5 cm³/mol. The quantitative estimate of drug-likeness (QED) is 0.775. The number of nitrogens with zero attached hydrogens (tertiary/aromatic N) is 1. The van der Waals surface area contributed by atoms with E-state index in [1.807, 2.05) is 37.3 Å². The number of benzene rings is 2. The Morgan fingerprint density at radius 1 is 1.15 bits per heavy atom. The Morgan fingerprint density at radius 2 is 1.75 bits per heavy atom. The van der Waals surface area contributed by atoms with Gasteiger partial charge in [-0.2, -0.15) is 0 Å². The van der Waals surface area contributed by atoms with Gasteiger partial charge in [-0.05, 0) is 36.8 Å². The summed E-state index contributed by atoms with van der Waals surface area (Å²) in [7, 11) is 0. The molecule has 2 aromatic rings. The van der Waals surface area contributed by atoms with Crippen LogP contribution in [0.2, 0.25) is 0 Å². The summed E-state index contributed by atoms with van der Waals surface area (Å²) in [6.07, 6.45) is 0. The van der Waals surface area contributed by atoms with Crippen LogP contribution in [0.4, 0.5) is 10.1 Å². The number of rotatable bonds is 4. The van der Waals surface area contributed by atoms with Crippen molar-refractivity contribution >= 4 is 23.2 Å². The molecule has 2 aromatic carbocycles. The highest BCUT2D eigenvalue weighted by Gasteiger charge is 2.23.